The number of para-hydroxylation sites is 1. The van der Waals surface area contributed by atoms with Crippen LogP contribution in [0.2, 0.25) is 0 Å². The number of aromatic nitrogens is 2. The zero-order valence-corrected chi connectivity index (χ0v) is 8.77. The summed E-state index contributed by atoms with van der Waals surface area (Å²) in [7, 11) is 0. The van der Waals surface area contributed by atoms with Gasteiger partial charge in [0.25, 0.3) is 0 Å². The summed E-state index contributed by atoms with van der Waals surface area (Å²) in [6.07, 6.45) is 2.35. The van der Waals surface area contributed by atoms with Crippen LogP contribution in [0.3, 0.4) is 0 Å². The van der Waals surface area contributed by atoms with Crippen molar-refractivity contribution in [3.63, 3.8) is 0 Å². The van der Waals surface area contributed by atoms with E-state index >= 15 is 0 Å². The molecule has 0 aliphatic rings. The first-order valence-corrected chi connectivity index (χ1v) is 4.85. The number of rotatable bonds is 3. The summed E-state index contributed by atoms with van der Waals surface area (Å²) in [5.74, 6) is 0. The van der Waals surface area contributed by atoms with Crippen molar-refractivity contribution in [1.82, 2.24) is 9.78 Å². The maximum atomic E-state index is 12.3. The number of anilines is 1. The number of nitrogens with two attached hydrogens (primary N) is 1. The van der Waals surface area contributed by atoms with Crippen LogP contribution in [0, 0.1) is 5.41 Å². The fourth-order valence-electron chi connectivity index (χ4n) is 1.45. The molecular formula is C11H10F2N4. The lowest BCUT2D eigenvalue weighted by Gasteiger charge is -2.04. The van der Waals surface area contributed by atoms with Gasteiger partial charge in [0, 0.05) is 23.0 Å². The molecule has 0 saturated carbocycles. The summed E-state index contributed by atoms with van der Waals surface area (Å²) >= 11 is 0. The number of hydrogen-bond acceptors (Lipinski definition) is 3. The van der Waals surface area contributed by atoms with E-state index in [2.05, 4.69) is 5.10 Å². The third-order valence-electron chi connectivity index (χ3n) is 2.32. The normalized spacial score (nSPS) is 10.8. The summed E-state index contributed by atoms with van der Waals surface area (Å²) in [5, 5.41) is 11.4. The second-order valence-corrected chi connectivity index (χ2v) is 3.45. The SMILES string of the molecule is N=C(c1cnn(C(F)F)c1)c1ccccc1N. The predicted octanol–water partition coefficient (Wildman–Crippen LogP) is 2.28. The maximum Gasteiger partial charge on any atom is 0.333 e. The van der Waals surface area contributed by atoms with E-state index in [9.17, 15) is 8.78 Å². The van der Waals surface area contributed by atoms with Gasteiger partial charge in [0.05, 0.1) is 11.9 Å². The smallest absolute Gasteiger partial charge is 0.333 e. The number of nitrogen functional groups attached to an aromatic ring is 1. The lowest BCUT2D eigenvalue weighted by atomic mass is 10.0. The monoisotopic (exact) mass is 236 g/mol. The van der Waals surface area contributed by atoms with Crippen LogP contribution in [0.25, 0.3) is 0 Å². The van der Waals surface area contributed by atoms with Crippen LogP contribution in [0.4, 0.5) is 14.5 Å². The van der Waals surface area contributed by atoms with E-state index in [1.165, 1.54) is 6.20 Å². The highest BCUT2D eigenvalue weighted by molar-refractivity contribution is 6.13. The maximum absolute atomic E-state index is 12.3. The number of hydrogen-bond donors (Lipinski definition) is 2. The van der Waals surface area contributed by atoms with Crippen molar-refractivity contribution in [2.45, 2.75) is 6.55 Å². The third-order valence-corrected chi connectivity index (χ3v) is 2.32. The van der Waals surface area contributed by atoms with Crippen LogP contribution in [0.5, 0.6) is 0 Å². The first-order valence-electron chi connectivity index (χ1n) is 4.85. The Bertz CT molecular complexity index is 548. The van der Waals surface area contributed by atoms with Crippen molar-refractivity contribution in [3.8, 4) is 0 Å². The van der Waals surface area contributed by atoms with Crippen LogP contribution in [0.1, 0.15) is 17.7 Å². The second kappa shape index (κ2) is 4.32. The van der Waals surface area contributed by atoms with E-state index in [1.807, 2.05) is 0 Å². The van der Waals surface area contributed by atoms with E-state index < -0.39 is 6.55 Å². The van der Waals surface area contributed by atoms with Crippen LogP contribution >= 0.6 is 0 Å². The van der Waals surface area contributed by atoms with Crippen molar-refractivity contribution < 1.29 is 8.78 Å². The molecule has 17 heavy (non-hydrogen) atoms. The molecule has 3 N–H and O–H groups in total. The fourth-order valence-corrected chi connectivity index (χ4v) is 1.45. The first kappa shape index (κ1) is 11.3. The molecule has 4 nitrogen and oxygen atoms in total. The Kier molecular flexibility index (Phi) is 2.86. The van der Waals surface area contributed by atoms with Crippen molar-refractivity contribution >= 4 is 11.4 Å². The largest absolute Gasteiger partial charge is 0.398 e. The Morgan fingerprint density at radius 2 is 2.06 bits per heavy atom. The Morgan fingerprint density at radius 1 is 1.35 bits per heavy atom. The molecule has 1 aromatic carbocycles. The Hall–Kier alpha value is -2.24. The van der Waals surface area contributed by atoms with Gasteiger partial charge in [0.15, 0.2) is 0 Å². The van der Waals surface area contributed by atoms with Crippen LogP contribution in [-0.2, 0) is 0 Å². The molecular weight excluding hydrogens is 226 g/mol. The molecule has 0 aliphatic carbocycles. The Balaban J connectivity index is 2.34. The van der Waals surface area contributed by atoms with Gasteiger partial charge < -0.3 is 5.73 Å². The predicted molar refractivity (Wildman–Crippen MR) is 60.3 cm³/mol. The summed E-state index contributed by atoms with van der Waals surface area (Å²) in [6, 6.07) is 6.80. The molecule has 0 atom stereocenters. The summed E-state index contributed by atoms with van der Waals surface area (Å²) in [6.45, 7) is -2.70. The molecule has 0 radical (unpaired) electrons. The molecule has 1 heterocycles. The van der Waals surface area contributed by atoms with Gasteiger partial charge in [-0.05, 0) is 6.07 Å². The standard InChI is InChI=1S/C11H10F2N4/c12-11(13)17-6-7(5-16-17)10(15)8-3-1-2-4-9(8)14/h1-6,11,15H,14H2. The third kappa shape index (κ3) is 2.15. The zero-order chi connectivity index (χ0) is 12.4. The van der Waals surface area contributed by atoms with Gasteiger partial charge in [-0.3, -0.25) is 5.41 Å². The lowest BCUT2D eigenvalue weighted by Crippen LogP contribution is -2.04. The van der Waals surface area contributed by atoms with Crippen molar-refractivity contribution in [3.05, 3.63) is 47.8 Å². The molecule has 0 fully saturated rings. The molecule has 0 unspecified atom stereocenters. The fraction of sp³-hybridized carbons (Fsp3) is 0.0909. The van der Waals surface area contributed by atoms with Crippen LogP contribution in [-0.4, -0.2) is 15.5 Å². The van der Waals surface area contributed by atoms with Crippen molar-refractivity contribution in [2.24, 2.45) is 0 Å². The molecule has 0 bridgehead atoms. The van der Waals surface area contributed by atoms with Crippen molar-refractivity contribution in [2.75, 3.05) is 5.73 Å². The van der Waals surface area contributed by atoms with E-state index in [1.54, 1.807) is 24.3 Å². The van der Waals surface area contributed by atoms with E-state index in [4.69, 9.17) is 11.1 Å². The highest BCUT2D eigenvalue weighted by Gasteiger charge is 2.13. The lowest BCUT2D eigenvalue weighted by molar-refractivity contribution is 0.0566. The van der Waals surface area contributed by atoms with Gasteiger partial charge in [0.2, 0.25) is 0 Å². The quantitative estimate of drug-likeness (QED) is 0.634. The number of halogens is 2. The van der Waals surface area contributed by atoms with Crippen LogP contribution < -0.4 is 5.73 Å². The Morgan fingerprint density at radius 3 is 2.65 bits per heavy atom. The van der Waals surface area contributed by atoms with E-state index in [0.29, 0.717) is 21.5 Å². The number of alkyl halides is 2. The van der Waals surface area contributed by atoms with E-state index in [0.717, 1.165) is 6.20 Å². The second-order valence-electron chi connectivity index (χ2n) is 3.45. The van der Waals surface area contributed by atoms with Crippen LogP contribution in [0.15, 0.2) is 36.7 Å². The van der Waals surface area contributed by atoms with Gasteiger partial charge in [-0.1, -0.05) is 18.2 Å². The molecule has 2 aromatic rings. The minimum Gasteiger partial charge on any atom is -0.398 e. The number of nitrogens with one attached hydrogen (secondary N) is 1. The highest BCUT2D eigenvalue weighted by atomic mass is 19.3. The molecule has 1 aromatic heterocycles. The molecule has 88 valence electrons. The molecule has 0 amide bonds. The minimum atomic E-state index is -2.70. The van der Waals surface area contributed by atoms with Gasteiger partial charge in [-0.2, -0.15) is 13.9 Å². The minimum absolute atomic E-state index is 0.0787. The zero-order valence-electron chi connectivity index (χ0n) is 8.77. The Labute approximate surface area is 96.2 Å². The van der Waals surface area contributed by atoms with Gasteiger partial charge in [-0.15, -0.1) is 0 Å². The van der Waals surface area contributed by atoms with Crippen molar-refractivity contribution in [1.29, 1.82) is 5.41 Å². The molecule has 2 rings (SSSR count). The van der Waals surface area contributed by atoms with Gasteiger partial charge >= 0.3 is 6.55 Å². The van der Waals surface area contributed by atoms with Gasteiger partial charge in [0.1, 0.15) is 0 Å². The molecule has 0 saturated heterocycles. The topological polar surface area (TPSA) is 67.7 Å². The average Bonchev–Trinajstić information content (AvgIpc) is 2.78. The first-order chi connectivity index (χ1) is 8.09. The highest BCUT2D eigenvalue weighted by Crippen LogP contribution is 2.17. The summed E-state index contributed by atoms with van der Waals surface area (Å²) < 4.78 is 25.2. The number of benzene rings is 1. The van der Waals surface area contributed by atoms with Gasteiger partial charge in [-0.25, -0.2) is 4.68 Å². The summed E-state index contributed by atoms with van der Waals surface area (Å²) in [5.41, 5.74) is 7.03. The summed E-state index contributed by atoms with van der Waals surface area (Å²) in [4.78, 5) is 0. The van der Waals surface area contributed by atoms with E-state index in [-0.39, 0.29) is 5.71 Å². The molecule has 0 spiro atoms. The molecule has 6 heteroatoms. The number of nitrogens with zero attached hydrogens (tertiary/aromatic N) is 2. The molecule has 0 aliphatic heterocycles. The average molecular weight is 236 g/mol.